The molecular weight excluding hydrogens is 247 g/mol. The van der Waals surface area contributed by atoms with Crippen LogP contribution in [-0.2, 0) is 6.61 Å². The van der Waals surface area contributed by atoms with E-state index in [-0.39, 0.29) is 0 Å². The molecule has 0 aliphatic heterocycles. The number of hydrogen-bond acceptors (Lipinski definition) is 3. The molecule has 0 fully saturated rings. The monoisotopic (exact) mass is 254 g/mol. The minimum absolute atomic E-state index is 0.338. The molecule has 0 saturated heterocycles. The van der Waals surface area contributed by atoms with E-state index in [4.69, 9.17) is 27.9 Å². The Morgan fingerprint density at radius 1 is 1.12 bits per heavy atom. The van der Waals surface area contributed by atoms with Crippen LogP contribution in [0.15, 0.2) is 36.5 Å². The third-order valence-electron chi connectivity index (χ3n) is 1.85. The van der Waals surface area contributed by atoms with Crippen molar-refractivity contribution in [1.82, 2.24) is 9.97 Å². The number of aromatic nitrogens is 2. The summed E-state index contributed by atoms with van der Waals surface area (Å²) in [6, 6.07) is 8.77. The van der Waals surface area contributed by atoms with Crippen LogP contribution < -0.4 is 4.74 Å². The van der Waals surface area contributed by atoms with Crippen LogP contribution in [0.3, 0.4) is 0 Å². The topological polar surface area (TPSA) is 35.0 Å². The molecule has 0 radical (unpaired) electrons. The van der Waals surface area contributed by atoms with E-state index in [1.54, 1.807) is 36.5 Å². The fourth-order valence-corrected chi connectivity index (χ4v) is 1.38. The van der Waals surface area contributed by atoms with Gasteiger partial charge in [-0.25, -0.2) is 4.98 Å². The number of halogens is 2. The van der Waals surface area contributed by atoms with Crippen molar-refractivity contribution in [3.05, 3.63) is 52.4 Å². The summed E-state index contributed by atoms with van der Waals surface area (Å²) in [7, 11) is 0. The van der Waals surface area contributed by atoms with Crippen molar-refractivity contribution in [2.45, 2.75) is 6.61 Å². The summed E-state index contributed by atoms with van der Waals surface area (Å²) in [4.78, 5) is 8.09. The molecule has 0 bridgehead atoms. The highest BCUT2D eigenvalue weighted by Gasteiger charge is 1.99. The number of rotatable bonds is 3. The molecule has 2 rings (SSSR count). The normalized spacial score (nSPS) is 10.1. The predicted molar refractivity (Wildman–Crippen MR) is 62.8 cm³/mol. The highest BCUT2D eigenvalue weighted by atomic mass is 35.5. The highest BCUT2D eigenvalue weighted by molar-refractivity contribution is 6.30. The van der Waals surface area contributed by atoms with Crippen LogP contribution in [-0.4, -0.2) is 9.97 Å². The van der Waals surface area contributed by atoms with E-state index < -0.39 is 0 Å². The van der Waals surface area contributed by atoms with Gasteiger partial charge in [0.2, 0.25) is 5.88 Å². The van der Waals surface area contributed by atoms with Crippen LogP contribution in [0.1, 0.15) is 5.69 Å². The Labute approximate surface area is 103 Å². The Hall–Kier alpha value is -1.32. The Kier molecular flexibility index (Phi) is 3.59. The molecule has 3 nitrogen and oxygen atoms in total. The lowest BCUT2D eigenvalue weighted by atomic mass is 10.4. The van der Waals surface area contributed by atoms with Crippen LogP contribution >= 0.6 is 23.2 Å². The summed E-state index contributed by atoms with van der Waals surface area (Å²) in [5, 5.41) is 1.01. The summed E-state index contributed by atoms with van der Waals surface area (Å²) in [6.45, 7) is 0.338. The Morgan fingerprint density at radius 2 is 2.00 bits per heavy atom. The summed E-state index contributed by atoms with van der Waals surface area (Å²) in [6.07, 6.45) is 1.58. The van der Waals surface area contributed by atoms with Crippen molar-refractivity contribution in [1.29, 1.82) is 0 Å². The molecule has 0 aromatic carbocycles. The summed E-state index contributed by atoms with van der Waals surface area (Å²) < 4.78 is 5.41. The molecule has 0 spiro atoms. The van der Waals surface area contributed by atoms with Crippen molar-refractivity contribution >= 4 is 23.2 Å². The fraction of sp³-hybridized carbons (Fsp3) is 0.0909. The van der Waals surface area contributed by atoms with E-state index in [0.717, 1.165) is 5.69 Å². The lowest BCUT2D eigenvalue weighted by Gasteiger charge is -2.04. The highest BCUT2D eigenvalue weighted by Crippen LogP contribution is 2.13. The van der Waals surface area contributed by atoms with Crippen LogP contribution in [0.4, 0.5) is 0 Å². The van der Waals surface area contributed by atoms with Gasteiger partial charge in [0.25, 0.3) is 0 Å². The smallest absolute Gasteiger partial charge is 0.215 e. The lowest BCUT2D eigenvalue weighted by molar-refractivity contribution is 0.289. The van der Waals surface area contributed by atoms with Crippen molar-refractivity contribution < 1.29 is 4.74 Å². The lowest BCUT2D eigenvalue weighted by Crippen LogP contribution is -1.99. The zero-order chi connectivity index (χ0) is 11.4. The Balaban J connectivity index is 1.99. The van der Waals surface area contributed by atoms with Gasteiger partial charge in [-0.05, 0) is 18.2 Å². The zero-order valence-electron chi connectivity index (χ0n) is 8.23. The molecule has 0 unspecified atom stereocenters. The number of hydrogen-bond donors (Lipinski definition) is 0. The summed E-state index contributed by atoms with van der Waals surface area (Å²) in [5.41, 5.74) is 0.783. The quantitative estimate of drug-likeness (QED) is 0.789. The largest absolute Gasteiger partial charge is 0.471 e. The van der Waals surface area contributed by atoms with Gasteiger partial charge >= 0.3 is 0 Å². The molecule has 0 saturated carbocycles. The van der Waals surface area contributed by atoms with Gasteiger partial charge in [-0.1, -0.05) is 29.3 Å². The number of nitrogens with zero attached hydrogens (tertiary/aromatic N) is 2. The summed E-state index contributed by atoms with van der Waals surface area (Å²) >= 11 is 11.4. The van der Waals surface area contributed by atoms with Crippen molar-refractivity contribution in [2.75, 3.05) is 0 Å². The van der Waals surface area contributed by atoms with E-state index in [0.29, 0.717) is 22.7 Å². The number of pyridine rings is 2. The van der Waals surface area contributed by atoms with E-state index in [1.807, 2.05) is 0 Å². The van der Waals surface area contributed by atoms with E-state index >= 15 is 0 Å². The zero-order valence-corrected chi connectivity index (χ0v) is 9.74. The van der Waals surface area contributed by atoms with Gasteiger partial charge in [-0.2, -0.15) is 0 Å². The van der Waals surface area contributed by atoms with Gasteiger partial charge in [-0.3, -0.25) is 4.98 Å². The minimum atomic E-state index is 0.338. The van der Waals surface area contributed by atoms with Gasteiger partial charge < -0.3 is 4.74 Å². The average Bonchev–Trinajstić information content (AvgIpc) is 2.28. The standard InChI is InChI=1S/C11H8Cl2N2O/c12-8-4-5-9(14-6-8)7-16-11-3-1-2-10(13)15-11/h1-6H,7H2. The first-order valence-corrected chi connectivity index (χ1v) is 5.35. The maximum absolute atomic E-state index is 5.72. The third-order valence-corrected chi connectivity index (χ3v) is 2.28. The fourth-order valence-electron chi connectivity index (χ4n) is 1.11. The van der Waals surface area contributed by atoms with Gasteiger partial charge in [0.15, 0.2) is 0 Å². The Morgan fingerprint density at radius 3 is 2.69 bits per heavy atom. The molecule has 2 aromatic heterocycles. The molecule has 5 heteroatoms. The van der Waals surface area contributed by atoms with Crippen molar-refractivity contribution in [3.63, 3.8) is 0 Å². The molecule has 2 heterocycles. The first-order chi connectivity index (χ1) is 7.74. The van der Waals surface area contributed by atoms with Crippen molar-refractivity contribution in [2.24, 2.45) is 0 Å². The van der Waals surface area contributed by atoms with Crippen LogP contribution in [0, 0.1) is 0 Å². The van der Waals surface area contributed by atoms with Gasteiger partial charge in [-0.15, -0.1) is 0 Å². The van der Waals surface area contributed by atoms with Crippen LogP contribution in [0.5, 0.6) is 5.88 Å². The van der Waals surface area contributed by atoms with E-state index in [1.165, 1.54) is 0 Å². The van der Waals surface area contributed by atoms with E-state index in [2.05, 4.69) is 9.97 Å². The molecule has 82 valence electrons. The first kappa shape index (κ1) is 11.2. The minimum Gasteiger partial charge on any atom is -0.471 e. The molecule has 2 aromatic rings. The first-order valence-electron chi connectivity index (χ1n) is 4.60. The molecular formula is C11H8Cl2N2O. The van der Waals surface area contributed by atoms with Gasteiger partial charge in [0.1, 0.15) is 11.8 Å². The van der Waals surface area contributed by atoms with Gasteiger partial charge in [0.05, 0.1) is 10.7 Å². The number of ether oxygens (including phenoxy) is 1. The molecule has 0 aliphatic rings. The van der Waals surface area contributed by atoms with Crippen LogP contribution in [0.25, 0.3) is 0 Å². The second kappa shape index (κ2) is 5.14. The molecule has 0 atom stereocenters. The maximum atomic E-state index is 5.72. The van der Waals surface area contributed by atoms with E-state index in [9.17, 15) is 0 Å². The molecule has 0 aliphatic carbocycles. The second-order valence-corrected chi connectivity index (χ2v) is 3.88. The second-order valence-electron chi connectivity index (χ2n) is 3.05. The molecule has 0 N–H and O–H groups in total. The van der Waals surface area contributed by atoms with Gasteiger partial charge in [0, 0.05) is 12.3 Å². The van der Waals surface area contributed by atoms with Crippen molar-refractivity contribution in [3.8, 4) is 5.88 Å². The average molecular weight is 255 g/mol. The maximum Gasteiger partial charge on any atom is 0.215 e. The third kappa shape index (κ3) is 3.08. The molecule has 16 heavy (non-hydrogen) atoms. The predicted octanol–water partition coefficient (Wildman–Crippen LogP) is 3.36. The SMILES string of the molecule is Clc1ccc(COc2cccc(Cl)n2)nc1. The molecule has 0 amide bonds. The Bertz CT molecular complexity index is 474. The van der Waals surface area contributed by atoms with Crippen LogP contribution in [0.2, 0.25) is 10.2 Å². The summed E-state index contributed by atoms with van der Waals surface area (Å²) in [5.74, 6) is 0.476.